The summed E-state index contributed by atoms with van der Waals surface area (Å²) in [4.78, 5) is 12.8. The second-order valence-electron chi connectivity index (χ2n) is 5.83. The number of carbonyl (C=O) groups excluding carboxylic acids is 1. The van der Waals surface area contributed by atoms with Crippen LogP contribution in [0.4, 0.5) is 5.69 Å². The summed E-state index contributed by atoms with van der Waals surface area (Å²) in [7, 11) is 0. The zero-order valence-electron chi connectivity index (χ0n) is 14.1. The maximum absolute atomic E-state index is 12.8. The molecule has 0 fully saturated rings. The number of hydrogen-bond acceptors (Lipinski definition) is 2. The summed E-state index contributed by atoms with van der Waals surface area (Å²) in [6.45, 7) is 2.26. The average Bonchev–Trinajstić information content (AvgIpc) is 2.64. The van der Waals surface area contributed by atoms with Gasteiger partial charge >= 0.3 is 0 Å². The molecular formula is C21H17Cl2NO2. The quantitative estimate of drug-likeness (QED) is 0.573. The molecule has 3 aromatic rings. The average molecular weight is 386 g/mol. The molecule has 3 nitrogen and oxygen atoms in total. The lowest BCUT2D eigenvalue weighted by molar-refractivity contribution is 0.102. The predicted octanol–water partition coefficient (Wildman–Crippen LogP) is 6.13. The Morgan fingerprint density at radius 1 is 0.962 bits per heavy atom. The van der Waals surface area contributed by atoms with Crippen LogP contribution in [0.15, 0.2) is 66.7 Å². The second kappa shape index (κ2) is 8.26. The summed E-state index contributed by atoms with van der Waals surface area (Å²) >= 11 is 12.1. The Morgan fingerprint density at radius 2 is 1.65 bits per heavy atom. The van der Waals surface area contributed by atoms with Crippen LogP contribution in [-0.2, 0) is 6.61 Å². The van der Waals surface area contributed by atoms with E-state index in [1.807, 2.05) is 43.3 Å². The van der Waals surface area contributed by atoms with Crippen molar-refractivity contribution in [3.8, 4) is 5.75 Å². The molecule has 1 amide bonds. The van der Waals surface area contributed by atoms with E-state index < -0.39 is 0 Å². The van der Waals surface area contributed by atoms with Gasteiger partial charge in [-0.05, 0) is 48.4 Å². The highest BCUT2D eigenvalue weighted by atomic mass is 35.5. The maximum Gasteiger partial charge on any atom is 0.259 e. The van der Waals surface area contributed by atoms with Gasteiger partial charge in [-0.25, -0.2) is 0 Å². The van der Waals surface area contributed by atoms with E-state index >= 15 is 0 Å². The van der Waals surface area contributed by atoms with Crippen LogP contribution in [0.25, 0.3) is 0 Å². The van der Waals surface area contributed by atoms with Crippen molar-refractivity contribution in [1.82, 2.24) is 0 Å². The molecule has 5 heteroatoms. The molecule has 0 unspecified atom stereocenters. The van der Waals surface area contributed by atoms with Crippen LogP contribution in [0.2, 0.25) is 10.0 Å². The number of nitrogens with one attached hydrogen (secondary N) is 1. The monoisotopic (exact) mass is 385 g/mol. The van der Waals surface area contributed by atoms with E-state index in [0.717, 1.165) is 11.1 Å². The van der Waals surface area contributed by atoms with Gasteiger partial charge in [0, 0.05) is 15.7 Å². The SMILES string of the molecule is Cc1ccc(Cl)cc1NC(=O)c1cc(Cl)ccc1OCc1ccccc1. The van der Waals surface area contributed by atoms with Crippen LogP contribution in [0.1, 0.15) is 21.5 Å². The number of benzene rings is 3. The molecule has 0 radical (unpaired) electrons. The van der Waals surface area contributed by atoms with Gasteiger partial charge in [0.2, 0.25) is 0 Å². The van der Waals surface area contributed by atoms with Crippen molar-refractivity contribution in [2.24, 2.45) is 0 Å². The molecule has 3 rings (SSSR count). The van der Waals surface area contributed by atoms with Crippen LogP contribution >= 0.6 is 23.2 Å². The van der Waals surface area contributed by atoms with Gasteiger partial charge in [-0.3, -0.25) is 4.79 Å². The standard InChI is InChI=1S/C21H17Cl2NO2/c1-14-7-8-17(23)12-19(14)24-21(25)18-11-16(22)9-10-20(18)26-13-15-5-3-2-4-6-15/h2-12H,13H2,1H3,(H,24,25). The molecule has 1 N–H and O–H groups in total. The molecular weight excluding hydrogens is 369 g/mol. The van der Waals surface area contributed by atoms with Crippen molar-refractivity contribution < 1.29 is 9.53 Å². The number of carbonyl (C=O) groups is 1. The third kappa shape index (κ3) is 4.57. The van der Waals surface area contributed by atoms with E-state index in [1.165, 1.54) is 0 Å². The number of amides is 1. The minimum Gasteiger partial charge on any atom is -0.488 e. The highest BCUT2D eigenvalue weighted by Gasteiger charge is 2.15. The molecule has 0 aliphatic heterocycles. The van der Waals surface area contributed by atoms with Gasteiger partial charge in [0.25, 0.3) is 5.91 Å². The number of anilines is 1. The first-order valence-electron chi connectivity index (χ1n) is 8.07. The Labute approximate surface area is 162 Å². The molecule has 3 aromatic carbocycles. The van der Waals surface area contributed by atoms with Crippen molar-refractivity contribution in [2.45, 2.75) is 13.5 Å². The highest BCUT2D eigenvalue weighted by molar-refractivity contribution is 6.31. The maximum atomic E-state index is 12.8. The smallest absolute Gasteiger partial charge is 0.259 e. The zero-order chi connectivity index (χ0) is 18.5. The lowest BCUT2D eigenvalue weighted by atomic mass is 10.1. The Bertz CT molecular complexity index is 927. The van der Waals surface area contributed by atoms with Crippen LogP contribution in [-0.4, -0.2) is 5.91 Å². The molecule has 0 spiro atoms. The third-order valence-electron chi connectivity index (χ3n) is 3.87. The summed E-state index contributed by atoms with van der Waals surface area (Å²) in [5.74, 6) is 0.163. The fourth-order valence-corrected chi connectivity index (χ4v) is 2.80. The Morgan fingerprint density at radius 3 is 2.42 bits per heavy atom. The Kier molecular flexibility index (Phi) is 5.82. The van der Waals surface area contributed by atoms with Crippen molar-refractivity contribution >= 4 is 34.8 Å². The van der Waals surface area contributed by atoms with E-state index in [1.54, 1.807) is 30.3 Å². The number of hydrogen-bond donors (Lipinski definition) is 1. The first kappa shape index (κ1) is 18.3. The lowest BCUT2D eigenvalue weighted by Gasteiger charge is -2.13. The van der Waals surface area contributed by atoms with Gasteiger partial charge in [0.15, 0.2) is 0 Å². The van der Waals surface area contributed by atoms with Crippen molar-refractivity contribution in [1.29, 1.82) is 0 Å². The molecule has 0 bridgehead atoms. The van der Waals surface area contributed by atoms with Gasteiger partial charge in [-0.2, -0.15) is 0 Å². The normalized spacial score (nSPS) is 10.4. The molecule has 0 saturated carbocycles. The van der Waals surface area contributed by atoms with Crippen molar-refractivity contribution in [3.63, 3.8) is 0 Å². The molecule has 0 atom stereocenters. The Hall–Kier alpha value is -2.49. The molecule has 26 heavy (non-hydrogen) atoms. The summed E-state index contributed by atoms with van der Waals surface area (Å²) in [6.07, 6.45) is 0. The molecule has 0 heterocycles. The van der Waals surface area contributed by atoms with E-state index in [4.69, 9.17) is 27.9 Å². The van der Waals surface area contributed by atoms with Gasteiger partial charge in [-0.15, -0.1) is 0 Å². The molecule has 132 valence electrons. The molecule has 0 aromatic heterocycles. The predicted molar refractivity (Wildman–Crippen MR) is 106 cm³/mol. The van der Waals surface area contributed by atoms with Crippen LogP contribution < -0.4 is 10.1 Å². The molecule has 0 aliphatic carbocycles. The second-order valence-corrected chi connectivity index (χ2v) is 6.70. The van der Waals surface area contributed by atoms with E-state index in [-0.39, 0.29) is 5.91 Å². The minimum atomic E-state index is -0.305. The van der Waals surface area contributed by atoms with E-state index in [9.17, 15) is 4.79 Å². The number of ether oxygens (including phenoxy) is 1. The molecule has 0 aliphatic rings. The minimum absolute atomic E-state index is 0.305. The number of rotatable bonds is 5. The first-order chi connectivity index (χ1) is 12.5. The number of aryl methyl sites for hydroxylation is 1. The highest BCUT2D eigenvalue weighted by Crippen LogP contribution is 2.26. The molecule has 0 saturated heterocycles. The topological polar surface area (TPSA) is 38.3 Å². The largest absolute Gasteiger partial charge is 0.488 e. The van der Waals surface area contributed by atoms with Gasteiger partial charge in [-0.1, -0.05) is 59.6 Å². The fraction of sp³-hybridized carbons (Fsp3) is 0.0952. The summed E-state index contributed by atoms with van der Waals surface area (Å²) < 4.78 is 5.85. The third-order valence-corrected chi connectivity index (χ3v) is 4.34. The van der Waals surface area contributed by atoms with E-state index in [2.05, 4.69) is 5.32 Å². The van der Waals surface area contributed by atoms with Gasteiger partial charge in [0.1, 0.15) is 12.4 Å². The van der Waals surface area contributed by atoms with Gasteiger partial charge in [0.05, 0.1) is 5.56 Å². The van der Waals surface area contributed by atoms with Crippen LogP contribution in [0.3, 0.4) is 0 Å². The Balaban J connectivity index is 1.82. The summed E-state index contributed by atoms with van der Waals surface area (Å²) in [5, 5.41) is 3.89. The first-order valence-corrected chi connectivity index (χ1v) is 8.82. The fourth-order valence-electron chi connectivity index (χ4n) is 2.46. The summed E-state index contributed by atoms with van der Waals surface area (Å²) in [6, 6.07) is 20.1. The van der Waals surface area contributed by atoms with Crippen molar-refractivity contribution in [3.05, 3.63) is 93.5 Å². The summed E-state index contributed by atoms with van der Waals surface area (Å²) in [5.41, 5.74) is 2.94. The zero-order valence-corrected chi connectivity index (χ0v) is 15.6. The van der Waals surface area contributed by atoms with Gasteiger partial charge < -0.3 is 10.1 Å². The van der Waals surface area contributed by atoms with Crippen LogP contribution in [0, 0.1) is 6.92 Å². The van der Waals surface area contributed by atoms with E-state index in [0.29, 0.717) is 33.7 Å². The van der Waals surface area contributed by atoms with Crippen LogP contribution in [0.5, 0.6) is 5.75 Å². The van der Waals surface area contributed by atoms with Crippen molar-refractivity contribution in [2.75, 3.05) is 5.32 Å². The lowest BCUT2D eigenvalue weighted by Crippen LogP contribution is -2.14. The number of halogens is 2.